The Morgan fingerprint density at radius 3 is 2.59 bits per heavy atom. The number of carbonyl (C=O) groups is 2. The number of rotatable bonds is 5. The Hall–Kier alpha value is -2.11. The highest BCUT2D eigenvalue weighted by Gasteiger charge is 2.26. The van der Waals surface area contributed by atoms with Crippen LogP contribution in [0.5, 0.6) is 0 Å². The quantitative estimate of drug-likeness (QED) is 0.845. The molecule has 1 heterocycles. The molecule has 0 aromatic heterocycles. The van der Waals surface area contributed by atoms with Crippen LogP contribution in [0.1, 0.15) is 52.5 Å². The number of hydrogen-bond acceptors (Lipinski definition) is 3. The second kappa shape index (κ2) is 9.20. The van der Waals surface area contributed by atoms with Crippen molar-refractivity contribution in [3.05, 3.63) is 35.6 Å². The van der Waals surface area contributed by atoms with Crippen LogP contribution in [0.15, 0.2) is 24.3 Å². The van der Waals surface area contributed by atoms with Crippen LogP contribution in [-0.2, 0) is 16.0 Å². The van der Waals surface area contributed by atoms with E-state index in [2.05, 4.69) is 5.32 Å². The minimum absolute atomic E-state index is 0.0439. The minimum Gasteiger partial charge on any atom is -0.444 e. The summed E-state index contributed by atoms with van der Waals surface area (Å²) in [7, 11) is 0. The second-order valence-electron chi connectivity index (χ2n) is 8.43. The van der Waals surface area contributed by atoms with Gasteiger partial charge in [0, 0.05) is 25.6 Å². The molecule has 0 spiro atoms. The van der Waals surface area contributed by atoms with Gasteiger partial charge >= 0.3 is 6.09 Å². The van der Waals surface area contributed by atoms with Crippen molar-refractivity contribution in [2.24, 2.45) is 5.92 Å². The fourth-order valence-electron chi connectivity index (χ4n) is 3.36. The largest absolute Gasteiger partial charge is 0.444 e. The Morgan fingerprint density at radius 1 is 1.30 bits per heavy atom. The van der Waals surface area contributed by atoms with Crippen LogP contribution >= 0.6 is 0 Å². The van der Waals surface area contributed by atoms with E-state index in [1.807, 2.05) is 24.0 Å². The number of piperidine rings is 1. The number of hydrogen-bond donors (Lipinski definition) is 1. The van der Waals surface area contributed by atoms with E-state index in [4.69, 9.17) is 4.74 Å². The molecule has 27 heavy (non-hydrogen) atoms. The van der Waals surface area contributed by atoms with Crippen molar-refractivity contribution in [3.63, 3.8) is 0 Å². The summed E-state index contributed by atoms with van der Waals surface area (Å²) in [6, 6.07) is 6.28. The van der Waals surface area contributed by atoms with Crippen LogP contribution in [0.3, 0.4) is 0 Å². The molecule has 1 aliphatic rings. The zero-order chi connectivity index (χ0) is 20.0. The van der Waals surface area contributed by atoms with Crippen molar-refractivity contribution in [1.82, 2.24) is 10.2 Å². The standard InChI is InChI=1S/C21H31FN2O3/c1-15(23-20(26)27-21(2,3)4)12-19(25)24-11-5-6-17(14-24)13-16-7-9-18(22)10-8-16/h7-10,15,17H,5-6,11-14H2,1-4H3,(H,23,26)/t15-,17+/m1/s1. The fraction of sp³-hybridized carbons (Fsp3) is 0.619. The molecule has 1 aromatic carbocycles. The Labute approximate surface area is 161 Å². The maximum atomic E-state index is 13.0. The zero-order valence-corrected chi connectivity index (χ0v) is 16.8. The molecule has 0 saturated carbocycles. The summed E-state index contributed by atoms with van der Waals surface area (Å²) in [4.78, 5) is 26.3. The molecule has 1 aliphatic heterocycles. The van der Waals surface area contributed by atoms with Gasteiger partial charge in [-0.25, -0.2) is 9.18 Å². The Kier molecular flexibility index (Phi) is 7.22. The summed E-state index contributed by atoms with van der Waals surface area (Å²) in [6.45, 7) is 8.67. The van der Waals surface area contributed by atoms with Crippen molar-refractivity contribution in [1.29, 1.82) is 0 Å². The van der Waals surface area contributed by atoms with Crippen LogP contribution in [0.4, 0.5) is 9.18 Å². The maximum absolute atomic E-state index is 13.0. The Balaban J connectivity index is 1.81. The highest BCUT2D eigenvalue weighted by Crippen LogP contribution is 2.22. The van der Waals surface area contributed by atoms with Gasteiger partial charge < -0.3 is 15.0 Å². The number of nitrogens with zero attached hydrogens (tertiary/aromatic N) is 1. The minimum atomic E-state index is -0.561. The lowest BCUT2D eigenvalue weighted by atomic mass is 9.91. The summed E-state index contributed by atoms with van der Waals surface area (Å²) in [5.74, 6) is 0.190. The molecule has 0 radical (unpaired) electrons. The van der Waals surface area contributed by atoms with E-state index in [0.29, 0.717) is 12.5 Å². The highest BCUT2D eigenvalue weighted by molar-refractivity contribution is 5.78. The van der Waals surface area contributed by atoms with Gasteiger partial charge in [0.05, 0.1) is 0 Å². The third-order valence-corrected chi connectivity index (χ3v) is 4.55. The van der Waals surface area contributed by atoms with Gasteiger partial charge in [0.15, 0.2) is 0 Å². The summed E-state index contributed by atoms with van der Waals surface area (Å²) in [5, 5.41) is 2.72. The van der Waals surface area contributed by atoms with Crippen LogP contribution in [0.25, 0.3) is 0 Å². The molecule has 2 atom stereocenters. The van der Waals surface area contributed by atoms with Gasteiger partial charge in [0.2, 0.25) is 5.91 Å². The Bertz CT molecular complexity index is 640. The summed E-state index contributed by atoms with van der Waals surface area (Å²) in [6.07, 6.45) is 2.62. The number of alkyl carbamates (subject to hydrolysis) is 1. The van der Waals surface area contributed by atoms with Gasteiger partial charge in [-0.05, 0) is 70.6 Å². The normalized spacial score (nSPS) is 18.7. The van der Waals surface area contributed by atoms with E-state index in [1.165, 1.54) is 12.1 Å². The Morgan fingerprint density at radius 2 is 1.96 bits per heavy atom. The molecule has 0 aliphatic carbocycles. The van der Waals surface area contributed by atoms with Gasteiger partial charge in [0.1, 0.15) is 11.4 Å². The number of likely N-dealkylation sites (tertiary alicyclic amines) is 1. The van der Waals surface area contributed by atoms with E-state index in [-0.39, 0.29) is 24.2 Å². The lowest BCUT2D eigenvalue weighted by Gasteiger charge is -2.33. The maximum Gasteiger partial charge on any atom is 0.407 e. The van der Waals surface area contributed by atoms with Crippen molar-refractivity contribution in [2.75, 3.05) is 13.1 Å². The predicted octanol–water partition coefficient (Wildman–Crippen LogP) is 3.91. The van der Waals surface area contributed by atoms with E-state index >= 15 is 0 Å². The highest BCUT2D eigenvalue weighted by atomic mass is 19.1. The smallest absolute Gasteiger partial charge is 0.407 e. The third kappa shape index (κ3) is 7.57. The summed E-state index contributed by atoms with van der Waals surface area (Å²) >= 11 is 0. The van der Waals surface area contributed by atoms with Crippen molar-refractivity contribution in [2.45, 2.75) is 65.0 Å². The molecule has 0 unspecified atom stereocenters. The first kappa shape index (κ1) is 21.2. The molecular formula is C21H31FN2O3. The predicted molar refractivity (Wildman–Crippen MR) is 103 cm³/mol. The molecule has 2 rings (SSSR count). The molecular weight excluding hydrogens is 347 g/mol. The van der Waals surface area contributed by atoms with E-state index < -0.39 is 11.7 Å². The van der Waals surface area contributed by atoms with E-state index in [0.717, 1.165) is 31.4 Å². The van der Waals surface area contributed by atoms with Crippen LogP contribution in [-0.4, -0.2) is 41.6 Å². The van der Waals surface area contributed by atoms with E-state index in [1.54, 1.807) is 20.8 Å². The van der Waals surface area contributed by atoms with Crippen LogP contribution in [0.2, 0.25) is 0 Å². The fourth-order valence-corrected chi connectivity index (χ4v) is 3.36. The van der Waals surface area contributed by atoms with Gasteiger partial charge in [-0.3, -0.25) is 4.79 Å². The van der Waals surface area contributed by atoms with E-state index in [9.17, 15) is 14.0 Å². The molecule has 5 nitrogen and oxygen atoms in total. The number of ether oxygens (including phenoxy) is 1. The molecule has 1 saturated heterocycles. The first-order chi connectivity index (χ1) is 12.6. The monoisotopic (exact) mass is 378 g/mol. The van der Waals surface area contributed by atoms with Gasteiger partial charge in [-0.15, -0.1) is 0 Å². The van der Waals surface area contributed by atoms with Gasteiger partial charge in [0.25, 0.3) is 0 Å². The van der Waals surface area contributed by atoms with Crippen LogP contribution in [0, 0.1) is 11.7 Å². The van der Waals surface area contributed by atoms with Crippen molar-refractivity contribution < 1.29 is 18.7 Å². The molecule has 1 fully saturated rings. The summed E-state index contributed by atoms with van der Waals surface area (Å²) in [5.41, 5.74) is 0.532. The number of benzene rings is 1. The third-order valence-electron chi connectivity index (χ3n) is 4.55. The molecule has 6 heteroatoms. The van der Waals surface area contributed by atoms with Gasteiger partial charge in [-0.1, -0.05) is 12.1 Å². The average Bonchev–Trinajstić information content (AvgIpc) is 2.55. The summed E-state index contributed by atoms with van der Waals surface area (Å²) < 4.78 is 18.3. The first-order valence-electron chi connectivity index (χ1n) is 9.64. The molecule has 0 bridgehead atoms. The zero-order valence-electron chi connectivity index (χ0n) is 16.8. The number of nitrogens with one attached hydrogen (secondary N) is 1. The van der Waals surface area contributed by atoms with Crippen LogP contribution < -0.4 is 5.32 Å². The average molecular weight is 378 g/mol. The topological polar surface area (TPSA) is 58.6 Å². The molecule has 2 amide bonds. The first-order valence-corrected chi connectivity index (χ1v) is 9.64. The lowest BCUT2D eigenvalue weighted by molar-refractivity contribution is -0.133. The lowest BCUT2D eigenvalue weighted by Crippen LogP contribution is -2.44. The molecule has 1 N–H and O–H groups in total. The number of carbonyl (C=O) groups excluding carboxylic acids is 2. The molecule has 150 valence electrons. The molecule has 1 aromatic rings. The SMILES string of the molecule is C[C@H](CC(=O)N1CCC[C@@H](Cc2ccc(F)cc2)C1)NC(=O)OC(C)(C)C. The number of halogens is 1. The van der Waals surface area contributed by atoms with Crippen molar-refractivity contribution in [3.8, 4) is 0 Å². The number of amides is 2. The second-order valence-corrected chi connectivity index (χ2v) is 8.43. The van der Waals surface area contributed by atoms with Gasteiger partial charge in [-0.2, -0.15) is 0 Å². The van der Waals surface area contributed by atoms with Crippen molar-refractivity contribution >= 4 is 12.0 Å².